The van der Waals surface area contributed by atoms with Crippen LogP contribution >= 0.6 is 10.7 Å². The molecular formula is C5H3ClN4O2S. The monoisotopic (exact) mass is 218 g/mol. The lowest BCUT2D eigenvalue weighted by Gasteiger charge is -1.94. The lowest BCUT2D eigenvalue weighted by molar-refractivity contribution is 0.608. The summed E-state index contributed by atoms with van der Waals surface area (Å²) in [5.74, 6) is 0. The number of pyridine rings is 1. The number of aromatic nitrogens is 4. The van der Waals surface area contributed by atoms with Crippen LogP contribution in [0.4, 0.5) is 0 Å². The molecule has 0 bridgehead atoms. The molecule has 0 aliphatic heterocycles. The van der Waals surface area contributed by atoms with Gasteiger partial charge in [0, 0.05) is 10.7 Å². The molecule has 0 amide bonds. The van der Waals surface area contributed by atoms with Gasteiger partial charge >= 0.3 is 0 Å². The summed E-state index contributed by atoms with van der Waals surface area (Å²) in [5.41, 5.74) is 0.462. The normalized spacial score (nSPS) is 12.1. The maximum absolute atomic E-state index is 10.9. The van der Waals surface area contributed by atoms with E-state index in [1.165, 1.54) is 22.8 Å². The van der Waals surface area contributed by atoms with Crippen LogP contribution in [0.3, 0.4) is 0 Å². The summed E-state index contributed by atoms with van der Waals surface area (Å²) in [7, 11) is 1.40. The predicted molar refractivity (Wildman–Crippen MR) is 43.8 cm³/mol. The van der Waals surface area contributed by atoms with Crippen molar-refractivity contribution in [2.45, 2.75) is 4.90 Å². The molecule has 0 atom stereocenters. The van der Waals surface area contributed by atoms with E-state index in [4.69, 9.17) is 10.7 Å². The third-order valence-corrected chi connectivity index (χ3v) is 2.79. The fourth-order valence-corrected chi connectivity index (χ4v) is 1.60. The van der Waals surface area contributed by atoms with Crippen LogP contribution in [-0.4, -0.2) is 28.5 Å². The lowest BCUT2D eigenvalue weighted by Crippen LogP contribution is -1.95. The number of rotatable bonds is 1. The minimum absolute atomic E-state index is 0.0334. The second-order valence-corrected chi connectivity index (χ2v) is 4.85. The van der Waals surface area contributed by atoms with Crippen LogP contribution in [0, 0.1) is 0 Å². The van der Waals surface area contributed by atoms with Crippen LogP contribution in [0.25, 0.3) is 5.65 Å². The first-order valence-electron chi connectivity index (χ1n) is 3.20. The number of fused-ring (bicyclic) bond motifs is 1. The van der Waals surface area contributed by atoms with Gasteiger partial charge in [0.15, 0.2) is 5.65 Å². The van der Waals surface area contributed by atoms with Gasteiger partial charge in [0.2, 0.25) is 0 Å². The Kier molecular flexibility index (Phi) is 1.70. The van der Waals surface area contributed by atoms with E-state index >= 15 is 0 Å². The van der Waals surface area contributed by atoms with Crippen LogP contribution in [0.1, 0.15) is 0 Å². The number of hydrogen-bond acceptors (Lipinski definition) is 5. The van der Waals surface area contributed by atoms with Crippen molar-refractivity contribution in [2.75, 3.05) is 0 Å². The minimum atomic E-state index is -3.72. The van der Waals surface area contributed by atoms with Gasteiger partial charge in [-0.2, -0.15) is 4.52 Å². The van der Waals surface area contributed by atoms with Crippen LogP contribution < -0.4 is 0 Å². The van der Waals surface area contributed by atoms with E-state index < -0.39 is 9.05 Å². The second-order valence-electron chi connectivity index (χ2n) is 2.28. The van der Waals surface area contributed by atoms with Crippen molar-refractivity contribution in [1.82, 2.24) is 20.0 Å². The molecule has 6 nitrogen and oxygen atoms in total. The zero-order valence-corrected chi connectivity index (χ0v) is 7.70. The second kappa shape index (κ2) is 2.64. The maximum Gasteiger partial charge on any atom is 0.262 e. The third-order valence-electron chi connectivity index (χ3n) is 1.45. The Bertz CT molecular complexity index is 548. The average Bonchev–Trinajstić information content (AvgIpc) is 2.47. The minimum Gasteiger partial charge on any atom is -0.207 e. The summed E-state index contributed by atoms with van der Waals surface area (Å²) in [6, 6.07) is 2.81. The maximum atomic E-state index is 10.9. The molecule has 0 spiro atoms. The molecule has 0 saturated carbocycles. The molecule has 0 radical (unpaired) electrons. The molecular weight excluding hydrogens is 216 g/mol. The van der Waals surface area contributed by atoms with Crippen LogP contribution in [0.2, 0.25) is 0 Å². The highest BCUT2D eigenvalue weighted by Crippen LogP contribution is 2.13. The highest BCUT2D eigenvalue weighted by Gasteiger charge is 2.10. The van der Waals surface area contributed by atoms with Crippen molar-refractivity contribution in [1.29, 1.82) is 0 Å². The Labute approximate surface area is 77.5 Å². The number of nitrogens with zero attached hydrogens (tertiary/aromatic N) is 4. The molecule has 68 valence electrons. The molecule has 0 fully saturated rings. The fraction of sp³-hybridized carbons (Fsp3) is 0. The summed E-state index contributed by atoms with van der Waals surface area (Å²) in [5, 5.41) is 10.5. The van der Waals surface area contributed by atoms with Crippen LogP contribution in [0.15, 0.2) is 23.2 Å². The summed E-state index contributed by atoms with van der Waals surface area (Å²) in [6.07, 6.45) is 1.25. The lowest BCUT2D eigenvalue weighted by atomic mass is 10.5. The zero-order chi connectivity index (χ0) is 9.47. The predicted octanol–water partition coefficient (Wildman–Crippen LogP) is 0.0518. The Morgan fingerprint density at radius 1 is 1.38 bits per heavy atom. The van der Waals surface area contributed by atoms with Crippen molar-refractivity contribution in [3.63, 3.8) is 0 Å². The van der Waals surface area contributed by atoms with Crippen molar-refractivity contribution < 1.29 is 8.42 Å². The quantitative estimate of drug-likeness (QED) is 0.632. The Balaban J connectivity index is 2.75. The van der Waals surface area contributed by atoms with Gasteiger partial charge in [-0.05, 0) is 22.6 Å². The largest absolute Gasteiger partial charge is 0.262 e. The van der Waals surface area contributed by atoms with Gasteiger partial charge in [0.1, 0.15) is 4.90 Å². The first-order valence-corrected chi connectivity index (χ1v) is 5.51. The van der Waals surface area contributed by atoms with Crippen molar-refractivity contribution in [2.24, 2.45) is 0 Å². The van der Waals surface area contributed by atoms with Crippen molar-refractivity contribution in [3.8, 4) is 0 Å². The molecule has 2 aromatic heterocycles. The molecule has 0 aliphatic rings. The first kappa shape index (κ1) is 8.39. The Hall–Kier alpha value is -1.21. The molecule has 0 aliphatic carbocycles. The first-order chi connectivity index (χ1) is 6.07. The third kappa shape index (κ3) is 1.47. The average molecular weight is 219 g/mol. The topological polar surface area (TPSA) is 77.2 Å². The SMILES string of the molecule is O=S(=O)(Cl)c1ccc2nnnn2c1. The summed E-state index contributed by atoms with van der Waals surface area (Å²) < 4.78 is 23.0. The molecule has 0 unspecified atom stereocenters. The Morgan fingerprint density at radius 2 is 2.15 bits per heavy atom. The van der Waals surface area contributed by atoms with Crippen LogP contribution in [0.5, 0.6) is 0 Å². The highest BCUT2D eigenvalue weighted by atomic mass is 35.7. The zero-order valence-electron chi connectivity index (χ0n) is 6.12. The van der Waals surface area contributed by atoms with E-state index in [1.807, 2.05) is 0 Å². The molecule has 2 heterocycles. The van der Waals surface area contributed by atoms with Gasteiger partial charge in [-0.1, -0.05) is 0 Å². The van der Waals surface area contributed by atoms with Crippen molar-refractivity contribution in [3.05, 3.63) is 18.3 Å². The summed E-state index contributed by atoms with van der Waals surface area (Å²) in [4.78, 5) is -0.0334. The molecule has 2 aromatic rings. The van der Waals surface area contributed by atoms with Gasteiger partial charge in [0.05, 0.1) is 6.20 Å². The van der Waals surface area contributed by atoms with Gasteiger partial charge in [-0.15, -0.1) is 5.10 Å². The molecule has 0 saturated heterocycles. The Morgan fingerprint density at radius 3 is 2.85 bits per heavy atom. The van der Waals surface area contributed by atoms with Crippen LogP contribution in [-0.2, 0) is 9.05 Å². The smallest absolute Gasteiger partial charge is 0.207 e. The molecule has 2 rings (SSSR count). The van der Waals surface area contributed by atoms with Gasteiger partial charge in [0.25, 0.3) is 9.05 Å². The molecule has 13 heavy (non-hydrogen) atoms. The van der Waals surface area contributed by atoms with E-state index in [0.717, 1.165) is 0 Å². The number of halogens is 1. The number of hydrogen-bond donors (Lipinski definition) is 0. The molecule has 0 N–H and O–H groups in total. The van der Waals surface area contributed by atoms with E-state index in [9.17, 15) is 8.42 Å². The van der Waals surface area contributed by atoms with E-state index in [2.05, 4.69) is 15.5 Å². The molecule has 8 heteroatoms. The van der Waals surface area contributed by atoms with Crippen molar-refractivity contribution >= 4 is 25.4 Å². The van der Waals surface area contributed by atoms with Gasteiger partial charge < -0.3 is 0 Å². The highest BCUT2D eigenvalue weighted by molar-refractivity contribution is 8.13. The molecule has 0 aromatic carbocycles. The van der Waals surface area contributed by atoms with Gasteiger partial charge in [-0.3, -0.25) is 0 Å². The van der Waals surface area contributed by atoms with E-state index in [0.29, 0.717) is 5.65 Å². The van der Waals surface area contributed by atoms with E-state index in [-0.39, 0.29) is 4.90 Å². The van der Waals surface area contributed by atoms with E-state index in [1.54, 1.807) is 0 Å². The number of tetrazole rings is 1. The summed E-state index contributed by atoms with van der Waals surface area (Å²) >= 11 is 0. The fourth-order valence-electron chi connectivity index (χ4n) is 0.867. The van der Waals surface area contributed by atoms with Gasteiger partial charge in [-0.25, -0.2) is 8.42 Å². The summed E-state index contributed by atoms with van der Waals surface area (Å²) in [6.45, 7) is 0. The standard InChI is InChI=1S/C5H3ClN4O2S/c6-13(11,12)4-1-2-5-7-8-9-10(5)3-4/h1-3H.